The summed E-state index contributed by atoms with van der Waals surface area (Å²) < 4.78 is 34.7. The Hall–Kier alpha value is -1.04. The van der Waals surface area contributed by atoms with Gasteiger partial charge >= 0.3 is 6.18 Å². The van der Waals surface area contributed by atoms with E-state index in [0.717, 1.165) is 0 Å². The van der Waals surface area contributed by atoms with Crippen molar-refractivity contribution in [3.63, 3.8) is 0 Å². The van der Waals surface area contributed by atoms with Crippen molar-refractivity contribution in [2.75, 3.05) is 13.1 Å². The predicted molar refractivity (Wildman–Crippen MR) is 41.9 cm³/mol. The standard InChI is InChI=1S/C7H11F3N2O/c8-7(9,10)5-6(13)12-4-2-1-3-11/h1-2H,3-5,11H2,(H,12,13)/b2-1+. The number of hydrogen-bond donors (Lipinski definition) is 2. The number of nitrogens with two attached hydrogens (primary N) is 1. The zero-order chi connectivity index (χ0) is 10.3. The van der Waals surface area contributed by atoms with Crippen LogP contribution < -0.4 is 11.1 Å². The minimum absolute atomic E-state index is 0.0755. The van der Waals surface area contributed by atoms with Crippen molar-refractivity contribution in [2.45, 2.75) is 12.6 Å². The van der Waals surface area contributed by atoms with Crippen molar-refractivity contribution in [1.82, 2.24) is 5.32 Å². The van der Waals surface area contributed by atoms with Gasteiger partial charge in [0.25, 0.3) is 0 Å². The SMILES string of the molecule is NC/C=C/CNC(=O)CC(F)(F)F. The van der Waals surface area contributed by atoms with Gasteiger partial charge in [-0.3, -0.25) is 4.79 Å². The lowest BCUT2D eigenvalue weighted by Crippen LogP contribution is -2.28. The first kappa shape index (κ1) is 12.0. The van der Waals surface area contributed by atoms with Gasteiger partial charge in [0.15, 0.2) is 0 Å². The molecule has 0 saturated carbocycles. The van der Waals surface area contributed by atoms with Gasteiger partial charge in [0, 0.05) is 13.1 Å². The lowest BCUT2D eigenvalue weighted by Gasteiger charge is -2.05. The van der Waals surface area contributed by atoms with Gasteiger partial charge in [0.2, 0.25) is 5.91 Å². The molecule has 1 amide bonds. The van der Waals surface area contributed by atoms with Crippen LogP contribution in [0.15, 0.2) is 12.2 Å². The maximum atomic E-state index is 11.6. The van der Waals surface area contributed by atoms with E-state index in [2.05, 4.69) is 5.32 Å². The van der Waals surface area contributed by atoms with E-state index in [-0.39, 0.29) is 6.54 Å². The average Bonchev–Trinajstić information content (AvgIpc) is 1.94. The molecule has 0 aromatic rings. The Morgan fingerprint density at radius 3 is 2.46 bits per heavy atom. The van der Waals surface area contributed by atoms with Crippen LogP contribution in [0.25, 0.3) is 0 Å². The molecule has 76 valence electrons. The molecule has 0 aliphatic rings. The molecule has 0 saturated heterocycles. The topological polar surface area (TPSA) is 55.1 Å². The molecule has 13 heavy (non-hydrogen) atoms. The van der Waals surface area contributed by atoms with Crippen molar-refractivity contribution >= 4 is 5.91 Å². The third-order valence-electron chi connectivity index (χ3n) is 1.08. The molecule has 0 aromatic heterocycles. The molecule has 0 atom stereocenters. The summed E-state index contributed by atoms with van der Waals surface area (Å²) in [7, 11) is 0. The van der Waals surface area contributed by atoms with E-state index in [4.69, 9.17) is 5.73 Å². The molecule has 0 fully saturated rings. The zero-order valence-electron chi connectivity index (χ0n) is 6.90. The Labute approximate surface area is 73.8 Å². The summed E-state index contributed by atoms with van der Waals surface area (Å²) in [4.78, 5) is 10.5. The molecule has 0 bridgehead atoms. The minimum Gasteiger partial charge on any atom is -0.352 e. The summed E-state index contributed by atoms with van der Waals surface area (Å²) in [6.07, 6.45) is -2.84. The highest BCUT2D eigenvalue weighted by molar-refractivity contribution is 5.76. The first-order valence-corrected chi connectivity index (χ1v) is 3.64. The molecule has 0 rings (SSSR count). The molecule has 0 aromatic carbocycles. The minimum atomic E-state index is -4.44. The number of amides is 1. The molecular formula is C7H11F3N2O. The van der Waals surface area contributed by atoms with Crippen molar-refractivity contribution in [2.24, 2.45) is 5.73 Å². The second-order valence-electron chi connectivity index (χ2n) is 2.30. The van der Waals surface area contributed by atoms with Gasteiger partial charge < -0.3 is 11.1 Å². The number of alkyl halides is 3. The van der Waals surface area contributed by atoms with Crippen molar-refractivity contribution in [3.05, 3.63) is 12.2 Å². The summed E-state index contributed by atoms with van der Waals surface area (Å²) in [5.74, 6) is -1.03. The molecule has 0 heterocycles. The third-order valence-corrected chi connectivity index (χ3v) is 1.08. The summed E-state index contributed by atoms with van der Waals surface area (Å²) >= 11 is 0. The van der Waals surface area contributed by atoms with Gasteiger partial charge in [-0.05, 0) is 0 Å². The van der Waals surface area contributed by atoms with Crippen molar-refractivity contribution < 1.29 is 18.0 Å². The third kappa shape index (κ3) is 8.87. The average molecular weight is 196 g/mol. The number of hydrogen-bond acceptors (Lipinski definition) is 2. The van der Waals surface area contributed by atoms with Crippen LogP contribution in [0.1, 0.15) is 6.42 Å². The van der Waals surface area contributed by atoms with Crippen LogP contribution in [0.2, 0.25) is 0 Å². The van der Waals surface area contributed by atoms with Crippen LogP contribution in [0, 0.1) is 0 Å². The summed E-state index contributed by atoms with van der Waals surface area (Å²) in [6, 6.07) is 0. The van der Waals surface area contributed by atoms with Crippen molar-refractivity contribution in [3.8, 4) is 0 Å². The van der Waals surface area contributed by atoms with E-state index in [1.165, 1.54) is 6.08 Å². The smallest absolute Gasteiger partial charge is 0.352 e. The van der Waals surface area contributed by atoms with Crippen LogP contribution in [0.3, 0.4) is 0 Å². The Morgan fingerprint density at radius 2 is 2.00 bits per heavy atom. The Bertz CT molecular complexity index is 189. The number of rotatable bonds is 4. The predicted octanol–water partition coefficient (Wildman–Crippen LogP) is 0.570. The highest BCUT2D eigenvalue weighted by Gasteiger charge is 2.30. The summed E-state index contributed by atoms with van der Waals surface area (Å²) in [5.41, 5.74) is 5.07. The largest absolute Gasteiger partial charge is 0.397 e. The molecule has 0 unspecified atom stereocenters. The molecule has 3 nitrogen and oxygen atoms in total. The highest BCUT2D eigenvalue weighted by Crippen LogP contribution is 2.18. The first-order chi connectivity index (χ1) is 5.95. The first-order valence-electron chi connectivity index (χ1n) is 3.64. The van der Waals surface area contributed by atoms with Gasteiger partial charge in [-0.1, -0.05) is 12.2 Å². The Kier molecular flexibility index (Phi) is 5.13. The fraction of sp³-hybridized carbons (Fsp3) is 0.571. The molecule has 0 aliphatic carbocycles. The van der Waals surface area contributed by atoms with E-state index in [0.29, 0.717) is 6.54 Å². The van der Waals surface area contributed by atoms with Gasteiger partial charge in [-0.15, -0.1) is 0 Å². The number of carbonyl (C=O) groups excluding carboxylic acids is 1. The van der Waals surface area contributed by atoms with Crippen LogP contribution in [0.4, 0.5) is 13.2 Å². The van der Waals surface area contributed by atoms with Crippen molar-refractivity contribution in [1.29, 1.82) is 0 Å². The molecule has 0 radical (unpaired) electrons. The van der Waals surface area contributed by atoms with Crippen LogP contribution >= 0.6 is 0 Å². The summed E-state index contributed by atoms with van der Waals surface area (Å²) in [5, 5.41) is 2.07. The molecular weight excluding hydrogens is 185 g/mol. The molecule has 6 heteroatoms. The van der Waals surface area contributed by atoms with Gasteiger partial charge in [-0.2, -0.15) is 13.2 Å². The van der Waals surface area contributed by atoms with Crippen LogP contribution in [0.5, 0.6) is 0 Å². The second-order valence-corrected chi connectivity index (χ2v) is 2.30. The second kappa shape index (κ2) is 5.58. The van der Waals surface area contributed by atoms with E-state index >= 15 is 0 Å². The van der Waals surface area contributed by atoms with E-state index < -0.39 is 18.5 Å². The van der Waals surface area contributed by atoms with E-state index in [1.54, 1.807) is 6.08 Å². The number of halogens is 3. The maximum absolute atomic E-state index is 11.6. The molecule has 3 N–H and O–H groups in total. The van der Waals surface area contributed by atoms with Gasteiger partial charge in [0.05, 0.1) is 0 Å². The molecule has 0 spiro atoms. The van der Waals surface area contributed by atoms with E-state index in [9.17, 15) is 18.0 Å². The maximum Gasteiger partial charge on any atom is 0.397 e. The van der Waals surface area contributed by atoms with E-state index in [1.807, 2.05) is 0 Å². The normalized spacial score (nSPS) is 12.0. The highest BCUT2D eigenvalue weighted by atomic mass is 19.4. The monoisotopic (exact) mass is 196 g/mol. The quantitative estimate of drug-likeness (QED) is 0.646. The lowest BCUT2D eigenvalue weighted by molar-refractivity contribution is -0.153. The van der Waals surface area contributed by atoms with Crippen LogP contribution in [-0.2, 0) is 4.79 Å². The van der Waals surface area contributed by atoms with Gasteiger partial charge in [0.1, 0.15) is 6.42 Å². The van der Waals surface area contributed by atoms with Crippen LogP contribution in [-0.4, -0.2) is 25.2 Å². The number of carbonyl (C=O) groups is 1. The van der Waals surface area contributed by atoms with Gasteiger partial charge in [-0.25, -0.2) is 0 Å². The Morgan fingerprint density at radius 1 is 1.38 bits per heavy atom. The lowest BCUT2D eigenvalue weighted by atomic mass is 10.4. The molecule has 0 aliphatic heterocycles. The zero-order valence-corrected chi connectivity index (χ0v) is 6.90. The fourth-order valence-corrected chi connectivity index (χ4v) is 0.597. The number of nitrogens with one attached hydrogen (secondary N) is 1. The Balaban J connectivity index is 3.58. The summed E-state index contributed by atoms with van der Waals surface area (Å²) in [6.45, 7) is 0.376. The fourth-order valence-electron chi connectivity index (χ4n) is 0.597.